The Morgan fingerprint density at radius 2 is 2.00 bits per heavy atom. The minimum Gasteiger partial charge on any atom is -0.465 e. The zero-order valence-corrected chi connectivity index (χ0v) is 13.2. The highest BCUT2D eigenvalue weighted by Crippen LogP contribution is 2.28. The Hall–Kier alpha value is -2.82. The van der Waals surface area contributed by atoms with Crippen LogP contribution in [0, 0.1) is 6.92 Å². The number of esters is 1. The Morgan fingerprint density at radius 3 is 2.74 bits per heavy atom. The van der Waals surface area contributed by atoms with E-state index in [2.05, 4.69) is 22.4 Å². The van der Waals surface area contributed by atoms with E-state index in [9.17, 15) is 4.79 Å². The second-order valence-electron chi connectivity index (χ2n) is 5.26. The molecule has 23 heavy (non-hydrogen) atoms. The van der Waals surface area contributed by atoms with E-state index in [0.29, 0.717) is 6.61 Å². The number of aryl methyl sites for hydroxylation is 1. The smallest absolute Gasteiger partial charge is 0.325 e. The molecule has 0 aliphatic carbocycles. The standard InChI is InChI=1S/C18H19N3O2/c1-3-23-16(22)12-19-18-17(14-9-7-13(2)8-10-14)20-15-6-4-5-11-21(15)18/h4-11,19H,3,12H2,1-2H3. The maximum atomic E-state index is 11.7. The van der Waals surface area contributed by atoms with Crippen LogP contribution < -0.4 is 5.32 Å². The summed E-state index contributed by atoms with van der Waals surface area (Å²) in [5.74, 6) is 0.505. The van der Waals surface area contributed by atoms with Gasteiger partial charge in [0.25, 0.3) is 0 Å². The molecule has 0 atom stereocenters. The number of ether oxygens (including phenoxy) is 1. The lowest BCUT2D eigenvalue weighted by atomic mass is 10.1. The number of nitrogens with one attached hydrogen (secondary N) is 1. The van der Waals surface area contributed by atoms with Gasteiger partial charge >= 0.3 is 5.97 Å². The maximum absolute atomic E-state index is 11.7. The molecule has 5 heteroatoms. The average molecular weight is 309 g/mol. The van der Waals surface area contributed by atoms with E-state index in [0.717, 1.165) is 22.7 Å². The van der Waals surface area contributed by atoms with Crippen LogP contribution in [0.3, 0.4) is 0 Å². The molecule has 0 fully saturated rings. The van der Waals surface area contributed by atoms with E-state index in [4.69, 9.17) is 4.74 Å². The Morgan fingerprint density at radius 1 is 1.22 bits per heavy atom. The van der Waals surface area contributed by atoms with E-state index in [1.54, 1.807) is 6.92 Å². The van der Waals surface area contributed by atoms with Crippen molar-refractivity contribution in [3.05, 3.63) is 54.2 Å². The topological polar surface area (TPSA) is 55.6 Å². The van der Waals surface area contributed by atoms with Gasteiger partial charge in [-0.2, -0.15) is 0 Å². The van der Waals surface area contributed by atoms with Gasteiger partial charge in [-0.1, -0.05) is 35.9 Å². The molecule has 0 saturated heterocycles. The molecular weight excluding hydrogens is 290 g/mol. The third kappa shape index (κ3) is 3.18. The van der Waals surface area contributed by atoms with Crippen molar-refractivity contribution in [1.29, 1.82) is 0 Å². The first-order valence-corrected chi connectivity index (χ1v) is 7.62. The summed E-state index contributed by atoms with van der Waals surface area (Å²) in [6.45, 7) is 4.32. The van der Waals surface area contributed by atoms with Crippen LogP contribution in [-0.4, -0.2) is 28.5 Å². The van der Waals surface area contributed by atoms with Gasteiger partial charge in [0.15, 0.2) is 0 Å². The second kappa shape index (κ2) is 6.52. The number of pyridine rings is 1. The summed E-state index contributed by atoms with van der Waals surface area (Å²) in [7, 11) is 0. The molecule has 0 amide bonds. The van der Waals surface area contributed by atoms with Crippen molar-refractivity contribution in [3.63, 3.8) is 0 Å². The minimum atomic E-state index is -0.284. The molecule has 0 aliphatic rings. The Labute approximate surface area is 134 Å². The van der Waals surface area contributed by atoms with Gasteiger partial charge < -0.3 is 10.1 Å². The molecule has 0 aliphatic heterocycles. The summed E-state index contributed by atoms with van der Waals surface area (Å²) in [6.07, 6.45) is 1.92. The summed E-state index contributed by atoms with van der Waals surface area (Å²) < 4.78 is 6.92. The van der Waals surface area contributed by atoms with E-state index < -0.39 is 0 Å². The van der Waals surface area contributed by atoms with E-state index in [1.165, 1.54) is 5.56 Å². The van der Waals surface area contributed by atoms with Gasteiger partial charge in [0, 0.05) is 11.8 Å². The number of anilines is 1. The number of carbonyl (C=O) groups excluding carboxylic acids is 1. The summed E-state index contributed by atoms with van der Waals surface area (Å²) in [4.78, 5) is 16.3. The minimum absolute atomic E-state index is 0.107. The molecule has 2 aromatic heterocycles. The lowest BCUT2D eigenvalue weighted by molar-refractivity contribution is -0.140. The molecule has 0 unspecified atom stereocenters. The number of imidazole rings is 1. The normalized spacial score (nSPS) is 10.7. The molecule has 3 aromatic rings. The largest absolute Gasteiger partial charge is 0.465 e. The first kappa shape index (κ1) is 15.1. The van der Waals surface area contributed by atoms with Crippen LogP contribution in [-0.2, 0) is 9.53 Å². The number of aromatic nitrogens is 2. The number of nitrogens with zero attached hydrogens (tertiary/aromatic N) is 2. The Bertz CT molecular complexity index is 822. The Balaban J connectivity index is 2.01. The molecule has 0 saturated carbocycles. The number of carbonyl (C=O) groups is 1. The van der Waals surface area contributed by atoms with Crippen LogP contribution in [0.1, 0.15) is 12.5 Å². The van der Waals surface area contributed by atoms with Crippen LogP contribution in [0.4, 0.5) is 5.82 Å². The molecule has 5 nitrogen and oxygen atoms in total. The fourth-order valence-electron chi connectivity index (χ4n) is 2.45. The van der Waals surface area contributed by atoms with E-state index in [-0.39, 0.29) is 12.5 Å². The molecule has 2 heterocycles. The molecule has 1 aromatic carbocycles. The van der Waals surface area contributed by atoms with Crippen molar-refractivity contribution >= 4 is 17.4 Å². The van der Waals surface area contributed by atoms with E-state index in [1.807, 2.05) is 47.9 Å². The van der Waals surface area contributed by atoms with Gasteiger partial charge in [-0.3, -0.25) is 9.20 Å². The number of hydrogen-bond acceptors (Lipinski definition) is 4. The lowest BCUT2D eigenvalue weighted by Gasteiger charge is -2.08. The molecule has 1 N–H and O–H groups in total. The van der Waals surface area contributed by atoms with Crippen molar-refractivity contribution in [2.75, 3.05) is 18.5 Å². The van der Waals surface area contributed by atoms with Crippen molar-refractivity contribution in [3.8, 4) is 11.3 Å². The van der Waals surface area contributed by atoms with Gasteiger partial charge in [-0.05, 0) is 26.0 Å². The third-order valence-corrected chi connectivity index (χ3v) is 3.56. The highest BCUT2D eigenvalue weighted by Gasteiger charge is 2.14. The predicted octanol–water partition coefficient (Wildman–Crippen LogP) is 3.28. The maximum Gasteiger partial charge on any atom is 0.325 e. The quantitative estimate of drug-likeness (QED) is 0.735. The summed E-state index contributed by atoms with van der Waals surface area (Å²) in [5, 5.41) is 3.16. The van der Waals surface area contributed by atoms with Crippen molar-refractivity contribution in [1.82, 2.24) is 9.38 Å². The highest BCUT2D eigenvalue weighted by atomic mass is 16.5. The lowest BCUT2D eigenvalue weighted by Crippen LogP contribution is -2.17. The summed E-state index contributed by atoms with van der Waals surface area (Å²) in [5.41, 5.74) is 3.85. The molecule has 0 radical (unpaired) electrons. The Kier molecular flexibility index (Phi) is 4.28. The van der Waals surface area contributed by atoms with Gasteiger partial charge in [-0.25, -0.2) is 4.98 Å². The van der Waals surface area contributed by atoms with Crippen LogP contribution >= 0.6 is 0 Å². The van der Waals surface area contributed by atoms with Crippen molar-refractivity contribution in [2.45, 2.75) is 13.8 Å². The molecule has 3 rings (SSSR count). The fraction of sp³-hybridized carbons (Fsp3) is 0.222. The molecule has 118 valence electrons. The monoisotopic (exact) mass is 309 g/mol. The van der Waals surface area contributed by atoms with Crippen LogP contribution in [0.15, 0.2) is 48.7 Å². The summed E-state index contributed by atoms with van der Waals surface area (Å²) in [6, 6.07) is 14.0. The highest BCUT2D eigenvalue weighted by molar-refractivity contribution is 5.80. The van der Waals surface area contributed by atoms with Crippen LogP contribution in [0.25, 0.3) is 16.9 Å². The number of hydrogen-bond donors (Lipinski definition) is 1. The van der Waals surface area contributed by atoms with E-state index >= 15 is 0 Å². The first-order chi connectivity index (χ1) is 11.2. The van der Waals surface area contributed by atoms with Gasteiger partial charge in [0.05, 0.1) is 6.61 Å². The van der Waals surface area contributed by atoms with Crippen LogP contribution in [0.2, 0.25) is 0 Å². The SMILES string of the molecule is CCOC(=O)CNc1c(-c2ccc(C)cc2)nc2ccccn12. The molecule has 0 bridgehead atoms. The molecular formula is C18H19N3O2. The van der Waals surface area contributed by atoms with Gasteiger partial charge in [-0.15, -0.1) is 0 Å². The summed E-state index contributed by atoms with van der Waals surface area (Å²) >= 11 is 0. The number of rotatable bonds is 5. The van der Waals surface area contributed by atoms with Crippen molar-refractivity contribution in [2.24, 2.45) is 0 Å². The average Bonchev–Trinajstić information content (AvgIpc) is 2.92. The number of fused-ring (bicyclic) bond motifs is 1. The fourth-order valence-corrected chi connectivity index (χ4v) is 2.45. The van der Waals surface area contributed by atoms with Gasteiger partial charge in [0.1, 0.15) is 23.7 Å². The third-order valence-electron chi connectivity index (χ3n) is 3.56. The zero-order chi connectivity index (χ0) is 16.2. The zero-order valence-electron chi connectivity index (χ0n) is 13.2. The van der Waals surface area contributed by atoms with Crippen molar-refractivity contribution < 1.29 is 9.53 Å². The predicted molar refractivity (Wildman–Crippen MR) is 90.5 cm³/mol. The van der Waals surface area contributed by atoms with Gasteiger partial charge in [0.2, 0.25) is 0 Å². The molecule has 0 spiro atoms. The van der Waals surface area contributed by atoms with Crippen LogP contribution in [0.5, 0.6) is 0 Å². The number of benzene rings is 1. The second-order valence-corrected chi connectivity index (χ2v) is 5.26. The first-order valence-electron chi connectivity index (χ1n) is 7.62.